The van der Waals surface area contributed by atoms with E-state index in [2.05, 4.69) is 34.0 Å². The number of hydrogen-bond acceptors (Lipinski definition) is 2. The molecule has 0 aromatic heterocycles. The van der Waals surface area contributed by atoms with E-state index in [0.717, 1.165) is 17.4 Å². The Kier molecular flexibility index (Phi) is 5.65. The first-order valence-electron chi connectivity index (χ1n) is 7.89. The smallest absolute Gasteiger partial charge is 0.215 e. The zero-order valence-corrected chi connectivity index (χ0v) is 16.1. The lowest BCUT2D eigenvalue weighted by atomic mass is 9.74. The maximum Gasteiger partial charge on any atom is 0.215 e. The molecule has 0 saturated heterocycles. The minimum Gasteiger partial charge on any atom is -0.332 e. The number of carbonyl (C=O) groups excluding carboxylic acids is 1. The number of allylic oxidation sites excluding steroid dienone is 1. The van der Waals surface area contributed by atoms with Crippen LogP contribution in [0.5, 0.6) is 0 Å². The van der Waals surface area contributed by atoms with Gasteiger partial charge in [0.05, 0.1) is 12.0 Å². The standard InChI is InChI=1S/C19H26ClO2S/c1-14(23(5)18(2,3)4)22-13-19(12-21)10-6-7-15-11-16(20)8-9-17(15)19/h6-9,11-12,14H,10,13H2,1-5H3/q+1/t14-,19-,23?/m0/s1. The SMILES string of the molecule is C[C@@H](OC[C@@]1(C=O)CC=Cc2cc(Cl)ccc21)[S+](C)C(C)(C)C. The molecule has 23 heavy (non-hydrogen) atoms. The molecular formula is C19H26ClO2S+. The summed E-state index contributed by atoms with van der Waals surface area (Å²) in [5.41, 5.74) is 1.54. The van der Waals surface area contributed by atoms with Crippen LogP contribution in [-0.2, 0) is 25.8 Å². The first kappa shape index (κ1) is 18.6. The number of hydrogen-bond donors (Lipinski definition) is 0. The van der Waals surface area contributed by atoms with Gasteiger partial charge in [0.25, 0.3) is 0 Å². The summed E-state index contributed by atoms with van der Waals surface area (Å²) in [6.45, 7) is 9.20. The van der Waals surface area contributed by atoms with Crippen LogP contribution in [0.1, 0.15) is 45.2 Å². The number of halogens is 1. The lowest BCUT2D eigenvalue weighted by Gasteiger charge is -2.33. The monoisotopic (exact) mass is 353 g/mol. The molecule has 1 aliphatic rings. The van der Waals surface area contributed by atoms with Gasteiger partial charge in [0.15, 0.2) is 0 Å². The fourth-order valence-corrected chi connectivity index (χ4v) is 4.23. The summed E-state index contributed by atoms with van der Waals surface area (Å²) in [4.78, 5) is 12.0. The summed E-state index contributed by atoms with van der Waals surface area (Å²) in [7, 11) is 0.105. The van der Waals surface area contributed by atoms with Gasteiger partial charge < -0.3 is 9.53 Å². The van der Waals surface area contributed by atoms with E-state index in [-0.39, 0.29) is 21.1 Å². The van der Waals surface area contributed by atoms with Crippen molar-refractivity contribution in [2.45, 2.75) is 49.7 Å². The van der Waals surface area contributed by atoms with Crippen molar-refractivity contribution in [1.82, 2.24) is 0 Å². The minimum atomic E-state index is -0.606. The predicted molar refractivity (Wildman–Crippen MR) is 101 cm³/mol. The van der Waals surface area contributed by atoms with Crippen LogP contribution in [0.3, 0.4) is 0 Å². The van der Waals surface area contributed by atoms with Crippen LogP contribution in [0, 0.1) is 0 Å². The van der Waals surface area contributed by atoms with Crippen molar-refractivity contribution in [1.29, 1.82) is 0 Å². The van der Waals surface area contributed by atoms with Gasteiger partial charge in [0, 0.05) is 22.8 Å². The Bertz CT molecular complexity index is 606. The Balaban J connectivity index is 2.21. The van der Waals surface area contributed by atoms with Crippen LogP contribution < -0.4 is 0 Å². The topological polar surface area (TPSA) is 26.3 Å². The molecule has 2 nitrogen and oxygen atoms in total. The van der Waals surface area contributed by atoms with Crippen LogP contribution >= 0.6 is 11.6 Å². The van der Waals surface area contributed by atoms with Crippen molar-refractivity contribution in [2.75, 3.05) is 12.9 Å². The van der Waals surface area contributed by atoms with Crippen LogP contribution in [0.2, 0.25) is 5.02 Å². The molecule has 0 heterocycles. The summed E-state index contributed by atoms with van der Waals surface area (Å²) in [5, 5.41) is 0.687. The average molecular weight is 354 g/mol. The Hall–Kier alpha value is -0.770. The molecular weight excluding hydrogens is 328 g/mol. The van der Waals surface area contributed by atoms with Crippen molar-refractivity contribution in [3.05, 3.63) is 40.4 Å². The summed E-state index contributed by atoms with van der Waals surface area (Å²) < 4.78 is 6.37. The maximum absolute atomic E-state index is 12.0. The normalized spacial score (nSPS) is 23.2. The second kappa shape index (κ2) is 7.00. The highest BCUT2D eigenvalue weighted by molar-refractivity contribution is 7.97. The molecule has 4 heteroatoms. The van der Waals surface area contributed by atoms with E-state index in [1.807, 2.05) is 30.4 Å². The first-order valence-corrected chi connectivity index (χ1v) is 9.96. The fraction of sp³-hybridized carbons (Fsp3) is 0.526. The number of carbonyl (C=O) groups is 1. The number of ether oxygens (including phenoxy) is 1. The van der Waals surface area contributed by atoms with Crippen molar-refractivity contribution in [2.24, 2.45) is 0 Å². The molecule has 0 N–H and O–H groups in total. The zero-order chi connectivity index (χ0) is 17.3. The molecule has 1 aliphatic carbocycles. The fourth-order valence-electron chi connectivity index (χ4n) is 2.78. The number of benzene rings is 1. The highest BCUT2D eigenvalue weighted by Crippen LogP contribution is 2.36. The van der Waals surface area contributed by atoms with Gasteiger partial charge in [0.2, 0.25) is 5.44 Å². The van der Waals surface area contributed by atoms with Gasteiger partial charge in [0.1, 0.15) is 17.3 Å². The van der Waals surface area contributed by atoms with Crippen molar-refractivity contribution in [3.8, 4) is 0 Å². The van der Waals surface area contributed by atoms with E-state index >= 15 is 0 Å². The number of rotatable bonds is 5. The molecule has 1 unspecified atom stereocenters. The third kappa shape index (κ3) is 4.01. The van der Waals surface area contributed by atoms with Gasteiger partial charge in [-0.1, -0.05) is 29.8 Å². The van der Waals surface area contributed by atoms with Crippen molar-refractivity contribution in [3.63, 3.8) is 0 Å². The van der Waals surface area contributed by atoms with E-state index in [1.54, 1.807) is 0 Å². The van der Waals surface area contributed by atoms with Crippen LogP contribution in [0.15, 0.2) is 24.3 Å². The molecule has 2 rings (SSSR count). The quantitative estimate of drug-likeness (QED) is 0.571. The third-order valence-corrected chi connectivity index (χ3v) is 7.89. The van der Waals surface area contributed by atoms with Gasteiger partial charge in [-0.2, -0.15) is 0 Å². The lowest BCUT2D eigenvalue weighted by Crippen LogP contribution is -2.41. The Morgan fingerprint density at radius 2 is 2.13 bits per heavy atom. The van der Waals surface area contributed by atoms with E-state index in [4.69, 9.17) is 16.3 Å². The van der Waals surface area contributed by atoms with E-state index in [0.29, 0.717) is 18.1 Å². The molecule has 0 saturated carbocycles. The Morgan fingerprint density at radius 1 is 1.43 bits per heavy atom. The maximum atomic E-state index is 12.0. The zero-order valence-electron chi connectivity index (χ0n) is 14.6. The van der Waals surface area contributed by atoms with Crippen molar-refractivity contribution < 1.29 is 9.53 Å². The molecule has 0 spiro atoms. The molecule has 1 aromatic rings. The largest absolute Gasteiger partial charge is 0.332 e. The van der Waals surface area contributed by atoms with E-state index in [1.165, 1.54) is 0 Å². The molecule has 1 aromatic carbocycles. The van der Waals surface area contributed by atoms with Gasteiger partial charge in [-0.25, -0.2) is 0 Å². The summed E-state index contributed by atoms with van der Waals surface area (Å²) >= 11 is 6.08. The number of aldehydes is 1. The Morgan fingerprint density at radius 3 is 2.74 bits per heavy atom. The van der Waals surface area contributed by atoms with Gasteiger partial charge in [-0.15, -0.1) is 0 Å². The summed E-state index contributed by atoms with van der Waals surface area (Å²) in [6.07, 6.45) is 8.01. The van der Waals surface area contributed by atoms with Crippen LogP contribution in [-0.4, -0.2) is 29.3 Å². The lowest BCUT2D eigenvalue weighted by molar-refractivity contribution is -0.115. The number of fused-ring (bicyclic) bond motifs is 1. The molecule has 0 fully saturated rings. The predicted octanol–water partition coefficient (Wildman–Crippen LogP) is 4.60. The third-order valence-electron chi connectivity index (χ3n) is 4.59. The molecule has 0 bridgehead atoms. The summed E-state index contributed by atoms with van der Waals surface area (Å²) in [6, 6.07) is 5.72. The summed E-state index contributed by atoms with van der Waals surface area (Å²) in [5.74, 6) is 0. The van der Waals surface area contributed by atoms with E-state index in [9.17, 15) is 4.79 Å². The Labute approximate surface area is 147 Å². The highest BCUT2D eigenvalue weighted by Gasteiger charge is 2.40. The molecule has 3 atom stereocenters. The van der Waals surface area contributed by atoms with Gasteiger partial charge in [-0.3, -0.25) is 0 Å². The highest BCUT2D eigenvalue weighted by atomic mass is 35.5. The molecule has 0 aliphatic heterocycles. The average Bonchev–Trinajstić information content (AvgIpc) is 2.50. The minimum absolute atomic E-state index is 0.105. The van der Waals surface area contributed by atoms with Crippen LogP contribution in [0.4, 0.5) is 0 Å². The second-order valence-corrected chi connectivity index (χ2v) is 10.6. The molecule has 126 valence electrons. The van der Waals surface area contributed by atoms with Crippen LogP contribution in [0.25, 0.3) is 6.08 Å². The first-order chi connectivity index (χ1) is 10.7. The van der Waals surface area contributed by atoms with Gasteiger partial charge >= 0.3 is 0 Å². The second-order valence-electron chi connectivity index (χ2n) is 7.16. The molecule has 0 radical (unpaired) electrons. The molecule has 0 amide bonds. The van der Waals surface area contributed by atoms with Crippen molar-refractivity contribution >= 4 is 34.9 Å². The van der Waals surface area contributed by atoms with Gasteiger partial charge in [-0.05, 0) is 50.5 Å². The van der Waals surface area contributed by atoms with E-state index < -0.39 is 5.41 Å².